The fourth-order valence-electron chi connectivity index (χ4n) is 2.78. The third kappa shape index (κ3) is 5.49. The van der Waals surface area contributed by atoms with E-state index in [1.807, 2.05) is 0 Å². The van der Waals surface area contributed by atoms with Gasteiger partial charge in [-0.15, -0.1) is 0 Å². The Morgan fingerprint density at radius 3 is 2.50 bits per heavy atom. The van der Waals surface area contributed by atoms with Gasteiger partial charge >= 0.3 is 0 Å². The molecule has 1 aliphatic rings. The average Bonchev–Trinajstić information content (AvgIpc) is 2.85. The number of hydrogen-bond acceptors (Lipinski definition) is 4. The van der Waals surface area contributed by atoms with Crippen molar-refractivity contribution in [3.63, 3.8) is 0 Å². The van der Waals surface area contributed by atoms with Crippen LogP contribution in [0.25, 0.3) is 0 Å². The summed E-state index contributed by atoms with van der Waals surface area (Å²) in [7, 11) is -3.05. The highest BCUT2D eigenvalue weighted by molar-refractivity contribution is 7.91. The molecule has 0 aliphatic carbocycles. The van der Waals surface area contributed by atoms with Crippen LogP contribution in [-0.4, -0.2) is 55.8 Å². The SMILES string of the molecule is CC(=O)N(CCNC(=O)Cc1ccc(Cl)cc1)C1CCS(=O)(=O)C1. The summed E-state index contributed by atoms with van der Waals surface area (Å²) < 4.78 is 23.1. The van der Waals surface area contributed by atoms with Crippen LogP contribution in [0, 0.1) is 0 Å². The number of carbonyl (C=O) groups excluding carboxylic acids is 2. The van der Waals surface area contributed by atoms with Gasteiger partial charge in [-0.3, -0.25) is 9.59 Å². The van der Waals surface area contributed by atoms with Crippen LogP contribution in [0.4, 0.5) is 0 Å². The first kappa shape index (κ1) is 18.7. The molecule has 1 unspecified atom stereocenters. The van der Waals surface area contributed by atoms with E-state index in [0.717, 1.165) is 5.56 Å². The van der Waals surface area contributed by atoms with Crippen molar-refractivity contribution in [1.82, 2.24) is 10.2 Å². The Hall–Kier alpha value is -1.60. The molecule has 1 aliphatic heterocycles. The van der Waals surface area contributed by atoms with Crippen molar-refractivity contribution >= 4 is 33.3 Å². The van der Waals surface area contributed by atoms with Gasteiger partial charge in [0.2, 0.25) is 11.8 Å². The molecule has 2 amide bonds. The maximum atomic E-state index is 11.9. The number of carbonyl (C=O) groups is 2. The second-order valence-corrected chi connectivity index (χ2v) is 8.59. The van der Waals surface area contributed by atoms with Gasteiger partial charge in [-0.05, 0) is 24.1 Å². The summed E-state index contributed by atoms with van der Waals surface area (Å²) in [6, 6.07) is 6.73. The number of benzene rings is 1. The second-order valence-electron chi connectivity index (χ2n) is 5.92. The van der Waals surface area contributed by atoms with Gasteiger partial charge in [0.05, 0.1) is 17.9 Å². The standard InChI is InChI=1S/C16H21ClN2O4S/c1-12(20)19(15-6-9-24(22,23)11-15)8-7-18-16(21)10-13-2-4-14(17)5-3-13/h2-5,15H,6-11H2,1H3,(H,18,21). The summed E-state index contributed by atoms with van der Waals surface area (Å²) in [4.78, 5) is 25.2. The Balaban J connectivity index is 1.81. The first-order valence-electron chi connectivity index (χ1n) is 7.75. The van der Waals surface area contributed by atoms with Crippen LogP contribution < -0.4 is 5.32 Å². The predicted octanol–water partition coefficient (Wildman–Crippen LogP) is 1.03. The molecule has 24 heavy (non-hydrogen) atoms. The number of hydrogen-bond donors (Lipinski definition) is 1. The monoisotopic (exact) mass is 372 g/mol. The van der Waals surface area contributed by atoms with E-state index < -0.39 is 9.84 Å². The number of rotatable bonds is 6. The van der Waals surface area contributed by atoms with E-state index in [4.69, 9.17) is 11.6 Å². The van der Waals surface area contributed by atoms with Crippen LogP contribution in [0.2, 0.25) is 5.02 Å². The number of nitrogens with zero attached hydrogens (tertiary/aromatic N) is 1. The van der Waals surface area contributed by atoms with Crippen molar-refractivity contribution in [1.29, 1.82) is 0 Å². The minimum atomic E-state index is -3.05. The van der Waals surface area contributed by atoms with Crippen molar-refractivity contribution in [3.05, 3.63) is 34.9 Å². The minimum Gasteiger partial charge on any atom is -0.354 e. The molecule has 1 aromatic carbocycles. The molecule has 1 atom stereocenters. The molecule has 0 spiro atoms. The van der Waals surface area contributed by atoms with Crippen molar-refractivity contribution in [2.24, 2.45) is 0 Å². The highest BCUT2D eigenvalue weighted by Crippen LogP contribution is 2.17. The third-order valence-corrected chi connectivity index (χ3v) is 6.01. The van der Waals surface area contributed by atoms with Crippen molar-refractivity contribution < 1.29 is 18.0 Å². The Labute approximate surface area is 147 Å². The van der Waals surface area contributed by atoms with Crippen LogP contribution in [-0.2, 0) is 25.8 Å². The van der Waals surface area contributed by atoms with E-state index in [0.29, 0.717) is 24.5 Å². The molecule has 0 radical (unpaired) electrons. The lowest BCUT2D eigenvalue weighted by atomic mass is 10.1. The maximum absolute atomic E-state index is 11.9. The number of amides is 2. The summed E-state index contributed by atoms with van der Waals surface area (Å²) in [6.07, 6.45) is 0.690. The molecule has 1 aromatic rings. The van der Waals surface area contributed by atoms with Gasteiger partial charge in [0.1, 0.15) is 0 Å². The summed E-state index contributed by atoms with van der Waals surface area (Å²) in [5.74, 6) is -0.209. The summed E-state index contributed by atoms with van der Waals surface area (Å²) in [6.45, 7) is 2.02. The smallest absolute Gasteiger partial charge is 0.224 e. The van der Waals surface area contributed by atoms with Gasteiger partial charge in [-0.25, -0.2) is 8.42 Å². The Morgan fingerprint density at radius 2 is 1.96 bits per heavy atom. The lowest BCUT2D eigenvalue weighted by Crippen LogP contribution is -2.44. The molecule has 6 nitrogen and oxygen atoms in total. The zero-order chi connectivity index (χ0) is 17.7. The Kier molecular flexibility index (Phi) is 6.23. The summed E-state index contributed by atoms with van der Waals surface area (Å²) in [5, 5.41) is 3.37. The molecular formula is C16H21ClN2O4S. The van der Waals surface area contributed by atoms with Gasteiger partial charge in [-0.1, -0.05) is 23.7 Å². The topological polar surface area (TPSA) is 83.6 Å². The molecule has 1 N–H and O–H groups in total. The third-order valence-electron chi connectivity index (χ3n) is 4.01. The largest absolute Gasteiger partial charge is 0.354 e. The van der Waals surface area contributed by atoms with E-state index in [9.17, 15) is 18.0 Å². The molecule has 0 bridgehead atoms. The zero-order valence-corrected chi connectivity index (χ0v) is 15.1. The van der Waals surface area contributed by atoms with Crippen LogP contribution in [0.5, 0.6) is 0 Å². The average molecular weight is 373 g/mol. The van der Waals surface area contributed by atoms with Gasteiger partial charge in [0.15, 0.2) is 9.84 Å². The van der Waals surface area contributed by atoms with E-state index >= 15 is 0 Å². The first-order chi connectivity index (χ1) is 11.3. The number of nitrogens with one attached hydrogen (secondary N) is 1. The van der Waals surface area contributed by atoms with E-state index in [1.54, 1.807) is 24.3 Å². The van der Waals surface area contributed by atoms with Crippen molar-refractivity contribution in [3.8, 4) is 0 Å². The fourth-order valence-corrected chi connectivity index (χ4v) is 4.64. The molecule has 132 valence electrons. The molecule has 1 saturated heterocycles. The lowest BCUT2D eigenvalue weighted by molar-refractivity contribution is -0.131. The van der Waals surface area contributed by atoms with E-state index in [-0.39, 0.29) is 35.8 Å². The molecule has 8 heteroatoms. The fraction of sp³-hybridized carbons (Fsp3) is 0.500. The van der Waals surface area contributed by atoms with Crippen LogP contribution in [0.15, 0.2) is 24.3 Å². The highest BCUT2D eigenvalue weighted by atomic mass is 35.5. The summed E-state index contributed by atoms with van der Waals surface area (Å²) >= 11 is 5.80. The van der Waals surface area contributed by atoms with Crippen molar-refractivity contribution in [2.45, 2.75) is 25.8 Å². The van der Waals surface area contributed by atoms with Gasteiger partial charge in [0.25, 0.3) is 0 Å². The van der Waals surface area contributed by atoms with Gasteiger partial charge < -0.3 is 10.2 Å². The zero-order valence-electron chi connectivity index (χ0n) is 13.5. The quantitative estimate of drug-likeness (QED) is 0.808. The summed E-state index contributed by atoms with van der Waals surface area (Å²) in [5.41, 5.74) is 0.849. The van der Waals surface area contributed by atoms with E-state index in [1.165, 1.54) is 11.8 Å². The Morgan fingerprint density at radius 1 is 1.29 bits per heavy atom. The lowest BCUT2D eigenvalue weighted by Gasteiger charge is -2.27. The molecular weight excluding hydrogens is 352 g/mol. The normalized spacial score (nSPS) is 19.0. The number of sulfone groups is 1. The van der Waals surface area contributed by atoms with Crippen molar-refractivity contribution in [2.75, 3.05) is 24.6 Å². The minimum absolute atomic E-state index is 0.00526. The van der Waals surface area contributed by atoms with E-state index in [2.05, 4.69) is 5.32 Å². The molecule has 2 rings (SSSR count). The first-order valence-corrected chi connectivity index (χ1v) is 9.95. The van der Waals surface area contributed by atoms with Crippen LogP contribution in [0.3, 0.4) is 0 Å². The van der Waals surface area contributed by atoms with Gasteiger partial charge in [-0.2, -0.15) is 0 Å². The van der Waals surface area contributed by atoms with Gasteiger partial charge in [0, 0.05) is 31.1 Å². The van der Waals surface area contributed by atoms with Crippen LogP contribution >= 0.6 is 11.6 Å². The Bertz CT molecular complexity index is 703. The molecule has 0 saturated carbocycles. The predicted molar refractivity (Wildman–Crippen MR) is 92.6 cm³/mol. The highest BCUT2D eigenvalue weighted by Gasteiger charge is 2.33. The second kappa shape index (κ2) is 7.98. The number of halogens is 1. The molecule has 0 aromatic heterocycles. The molecule has 1 fully saturated rings. The molecule has 1 heterocycles. The van der Waals surface area contributed by atoms with Crippen LogP contribution in [0.1, 0.15) is 18.9 Å². The maximum Gasteiger partial charge on any atom is 0.224 e.